The molecule has 0 saturated heterocycles. The molecule has 0 fully saturated rings. The van der Waals surface area contributed by atoms with Crippen LogP contribution in [0.1, 0.15) is 34.1 Å². The van der Waals surface area contributed by atoms with Crippen molar-refractivity contribution in [1.29, 1.82) is 0 Å². The van der Waals surface area contributed by atoms with Gasteiger partial charge < -0.3 is 9.84 Å². The number of hydrogen-bond donors (Lipinski definition) is 1. The Balaban J connectivity index is 4.06. The Morgan fingerprint density at radius 3 is 2.33 bits per heavy atom. The molecule has 0 radical (unpaired) electrons. The van der Waals surface area contributed by atoms with Crippen LogP contribution in [0.5, 0.6) is 0 Å². The van der Waals surface area contributed by atoms with Crippen LogP contribution in [0.4, 0.5) is 0 Å². The molecule has 0 aliphatic heterocycles. The largest absolute Gasteiger partial charge is 0.481 e. The van der Waals surface area contributed by atoms with E-state index in [2.05, 4.69) is 0 Å². The van der Waals surface area contributed by atoms with Crippen molar-refractivity contribution in [3.05, 3.63) is 0 Å². The summed E-state index contributed by atoms with van der Waals surface area (Å²) in [6, 6.07) is 0. The lowest BCUT2D eigenvalue weighted by Gasteiger charge is -2.23. The van der Waals surface area contributed by atoms with Crippen molar-refractivity contribution in [2.75, 3.05) is 6.61 Å². The van der Waals surface area contributed by atoms with Crippen LogP contribution in [0.15, 0.2) is 0 Å². The van der Waals surface area contributed by atoms with Crippen LogP contribution in [0.25, 0.3) is 0 Å². The van der Waals surface area contributed by atoms with E-state index >= 15 is 0 Å². The molecule has 72 valence electrons. The van der Waals surface area contributed by atoms with E-state index < -0.39 is 11.4 Å². The lowest BCUT2D eigenvalue weighted by Crippen LogP contribution is -2.33. The fraction of sp³-hybridized carbons (Fsp3) is 0.889. The first-order valence-electron chi connectivity index (χ1n) is 4.27. The third-order valence-corrected chi connectivity index (χ3v) is 2.03. The summed E-state index contributed by atoms with van der Waals surface area (Å²) in [5.41, 5.74) is -0.732. The molecule has 3 nitrogen and oxygen atoms in total. The van der Waals surface area contributed by atoms with Gasteiger partial charge in [-0.15, -0.1) is 0 Å². The van der Waals surface area contributed by atoms with E-state index in [0.29, 0.717) is 6.42 Å². The second-order valence-corrected chi connectivity index (χ2v) is 3.58. The SMILES string of the molecule is CCC(C)(COC(C)C)C(=O)O. The molecule has 0 aliphatic rings. The first kappa shape index (κ1) is 11.4. The molecule has 0 heterocycles. The molecule has 0 saturated carbocycles. The number of carbonyl (C=O) groups is 1. The van der Waals surface area contributed by atoms with Gasteiger partial charge in [0.25, 0.3) is 0 Å². The van der Waals surface area contributed by atoms with E-state index in [1.165, 1.54) is 0 Å². The summed E-state index contributed by atoms with van der Waals surface area (Å²) in [6.07, 6.45) is 0.685. The summed E-state index contributed by atoms with van der Waals surface area (Å²) >= 11 is 0. The molecule has 0 amide bonds. The lowest BCUT2D eigenvalue weighted by atomic mass is 9.89. The fourth-order valence-corrected chi connectivity index (χ4v) is 0.666. The quantitative estimate of drug-likeness (QED) is 0.692. The van der Waals surface area contributed by atoms with Crippen LogP contribution in [-0.4, -0.2) is 23.8 Å². The molecule has 0 rings (SSSR count). The highest BCUT2D eigenvalue weighted by Gasteiger charge is 2.31. The minimum atomic E-state index is -0.786. The minimum absolute atomic E-state index is 0.0928. The first-order chi connectivity index (χ1) is 5.42. The van der Waals surface area contributed by atoms with E-state index in [9.17, 15) is 4.79 Å². The zero-order valence-corrected chi connectivity index (χ0v) is 8.26. The normalized spacial score (nSPS) is 16.1. The standard InChI is InChI=1S/C9H18O3/c1-5-9(4,8(10)11)6-12-7(2)3/h7H,5-6H2,1-4H3,(H,10,11). The third kappa shape index (κ3) is 3.22. The average Bonchev–Trinajstić information content (AvgIpc) is 1.99. The maximum Gasteiger partial charge on any atom is 0.311 e. The van der Waals surface area contributed by atoms with Crippen LogP contribution in [0.3, 0.4) is 0 Å². The van der Waals surface area contributed by atoms with Crippen molar-refractivity contribution in [2.24, 2.45) is 5.41 Å². The topological polar surface area (TPSA) is 46.5 Å². The van der Waals surface area contributed by atoms with Gasteiger partial charge in [0, 0.05) is 0 Å². The van der Waals surface area contributed by atoms with Crippen molar-refractivity contribution in [2.45, 2.75) is 40.2 Å². The van der Waals surface area contributed by atoms with E-state index in [-0.39, 0.29) is 12.7 Å². The number of rotatable bonds is 5. The van der Waals surface area contributed by atoms with Crippen molar-refractivity contribution in [1.82, 2.24) is 0 Å². The number of hydrogen-bond acceptors (Lipinski definition) is 2. The molecule has 0 spiro atoms. The Morgan fingerprint density at radius 1 is 1.58 bits per heavy atom. The molecule has 1 unspecified atom stereocenters. The smallest absolute Gasteiger partial charge is 0.311 e. The van der Waals surface area contributed by atoms with E-state index in [0.717, 1.165) is 0 Å². The summed E-state index contributed by atoms with van der Waals surface area (Å²) in [5, 5.41) is 8.87. The van der Waals surface area contributed by atoms with Crippen molar-refractivity contribution in [3.63, 3.8) is 0 Å². The van der Waals surface area contributed by atoms with E-state index in [1.54, 1.807) is 6.92 Å². The second-order valence-electron chi connectivity index (χ2n) is 3.58. The Kier molecular flexibility index (Phi) is 4.24. The molecular formula is C9H18O3. The summed E-state index contributed by atoms with van der Waals surface area (Å²) in [4.78, 5) is 10.8. The van der Waals surface area contributed by atoms with E-state index in [4.69, 9.17) is 9.84 Å². The van der Waals surface area contributed by atoms with Gasteiger partial charge in [0.05, 0.1) is 18.1 Å². The molecule has 1 N–H and O–H groups in total. The maximum atomic E-state index is 10.8. The molecule has 0 aromatic heterocycles. The fourth-order valence-electron chi connectivity index (χ4n) is 0.666. The van der Waals surface area contributed by atoms with E-state index in [1.807, 2.05) is 20.8 Å². The van der Waals surface area contributed by atoms with Crippen molar-refractivity contribution >= 4 is 5.97 Å². The number of carboxylic acid groups (broad SMARTS) is 1. The Hall–Kier alpha value is -0.570. The molecule has 0 aliphatic carbocycles. The molecule has 0 aromatic carbocycles. The predicted molar refractivity (Wildman–Crippen MR) is 47.1 cm³/mol. The van der Waals surface area contributed by atoms with Gasteiger partial charge in [-0.05, 0) is 27.2 Å². The summed E-state index contributed by atoms with van der Waals surface area (Å²) in [6.45, 7) is 7.65. The molecule has 3 heteroatoms. The van der Waals surface area contributed by atoms with Gasteiger partial charge in [0.1, 0.15) is 0 Å². The summed E-state index contributed by atoms with van der Waals surface area (Å²) in [5.74, 6) is -0.786. The van der Waals surface area contributed by atoms with Gasteiger partial charge in [-0.2, -0.15) is 0 Å². The zero-order chi connectivity index (χ0) is 9.78. The second kappa shape index (κ2) is 4.45. The lowest BCUT2D eigenvalue weighted by molar-refractivity contribution is -0.152. The van der Waals surface area contributed by atoms with Crippen LogP contribution in [0, 0.1) is 5.41 Å². The Morgan fingerprint density at radius 2 is 2.08 bits per heavy atom. The van der Waals surface area contributed by atoms with Crippen LogP contribution in [-0.2, 0) is 9.53 Å². The highest BCUT2D eigenvalue weighted by Crippen LogP contribution is 2.22. The monoisotopic (exact) mass is 174 g/mol. The number of carboxylic acids is 1. The third-order valence-electron chi connectivity index (χ3n) is 2.03. The van der Waals surface area contributed by atoms with Gasteiger partial charge in [0.2, 0.25) is 0 Å². The van der Waals surface area contributed by atoms with Crippen LogP contribution < -0.4 is 0 Å². The minimum Gasteiger partial charge on any atom is -0.481 e. The first-order valence-corrected chi connectivity index (χ1v) is 4.27. The van der Waals surface area contributed by atoms with Gasteiger partial charge in [-0.3, -0.25) is 4.79 Å². The number of aliphatic carboxylic acids is 1. The maximum absolute atomic E-state index is 10.8. The van der Waals surface area contributed by atoms with Gasteiger partial charge in [-0.25, -0.2) is 0 Å². The molecule has 0 aromatic rings. The molecular weight excluding hydrogens is 156 g/mol. The van der Waals surface area contributed by atoms with Crippen molar-refractivity contribution < 1.29 is 14.6 Å². The summed E-state index contributed by atoms with van der Waals surface area (Å²) < 4.78 is 5.28. The summed E-state index contributed by atoms with van der Waals surface area (Å²) in [7, 11) is 0. The molecule has 1 atom stereocenters. The Bertz CT molecular complexity index is 154. The number of ether oxygens (including phenoxy) is 1. The van der Waals surface area contributed by atoms with Crippen molar-refractivity contribution in [3.8, 4) is 0 Å². The highest BCUT2D eigenvalue weighted by molar-refractivity contribution is 5.74. The van der Waals surface area contributed by atoms with Crippen LogP contribution >= 0.6 is 0 Å². The van der Waals surface area contributed by atoms with Gasteiger partial charge in [-0.1, -0.05) is 6.92 Å². The van der Waals surface area contributed by atoms with Gasteiger partial charge in [0.15, 0.2) is 0 Å². The average molecular weight is 174 g/mol. The Labute approximate surface area is 73.7 Å². The molecule has 0 bridgehead atoms. The highest BCUT2D eigenvalue weighted by atomic mass is 16.5. The van der Waals surface area contributed by atoms with Gasteiger partial charge >= 0.3 is 5.97 Å². The molecule has 12 heavy (non-hydrogen) atoms. The predicted octanol–water partition coefficient (Wildman–Crippen LogP) is 1.91. The zero-order valence-electron chi connectivity index (χ0n) is 8.26. The van der Waals surface area contributed by atoms with Crippen LogP contribution in [0.2, 0.25) is 0 Å².